The monoisotopic (exact) mass is 256 g/mol. The standard InChI is InChI=1S/C11H16FN3O3/c1-2-3-4-5-6-13-10(17)15-7-8(12)9(16)14-11(15)18/h7H,2-6H2,1H3,(H,13,17)(H,14,16,18)/p-1. The van der Waals surface area contributed by atoms with Crippen molar-refractivity contribution in [3.8, 4) is 0 Å². The van der Waals surface area contributed by atoms with Crippen LogP contribution in [0.3, 0.4) is 0 Å². The molecule has 0 amide bonds. The summed E-state index contributed by atoms with van der Waals surface area (Å²) in [6.07, 6.45) is 4.36. The van der Waals surface area contributed by atoms with Crippen molar-refractivity contribution in [1.29, 1.82) is 0 Å². The van der Waals surface area contributed by atoms with Crippen LogP contribution in [0.1, 0.15) is 32.6 Å². The van der Waals surface area contributed by atoms with Gasteiger partial charge in [0.1, 0.15) is 0 Å². The van der Waals surface area contributed by atoms with E-state index in [4.69, 9.17) is 0 Å². The average molecular weight is 256 g/mol. The Morgan fingerprint density at radius 2 is 2.17 bits per heavy atom. The number of unbranched alkanes of at least 4 members (excludes halogenated alkanes) is 3. The lowest BCUT2D eigenvalue weighted by Gasteiger charge is -2.12. The van der Waals surface area contributed by atoms with Crippen LogP contribution in [0.5, 0.6) is 0 Å². The molecule has 0 aliphatic heterocycles. The summed E-state index contributed by atoms with van der Waals surface area (Å²) in [5.41, 5.74) is -2.13. The second-order valence-electron chi connectivity index (χ2n) is 3.83. The third kappa shape index (κ3) is 3.83. The number of nitrogens with zero attached hydrogens (tertiary/aromatic N) is 2. The number of hydrogen-bond donors (Lipinski definition) is 1. The summed E-state index contributed by atoms with van der Waals surface area (Å²) >= 11 is 0. The normalized spacial score (nSPS) is 11.8. The third-order valence-corrected chi connectivity index (χ3v) is 2.36. The molecule has 7 heteroatoms. The second-order valence-corrected chi connectivity index (χ2v) is 3.83. The van der Waals surface area contributed by atoms with Gasteiger partial charge >= 0.3 is 5.69 Å². The first kappa shape index (κ1) is 14.1. The molecular formula is C11H15FN3O3-. The van der Waals surface area contributed by atoms with Crippen molar-refractivity contribution in [2.24, 2.45) is 4.99 Å². The van der Waals surface area contributed by atoms with Crippen LogP contribution < -0.4 is 16.4 Å². The fourth-order valence-electron chi connectivity index (χ4n) is 1.38. The van der Waals surface area contributed by atoms with Gasteiger partial charge in [-0.15, -0.1) is 0 Å². The molecule has 0 radical (unpaired) electrons. The van der Waals surface area contributed by atoms with E-state index < -0.39 is 23.1 Å². The minimum atomic E-state index is -1.19. The predicted molar refractivity (Wildman–Crippen MR) is 63.1 cm³/mol. The van der Waals surface area contributed by atoms with E-state index in [0.29, 0.717) is 10.8 Å². The van der Waals surface area contributed by atoms with E-state index in [1.54, 1.807) is 4.98 Å². The van der Waals surface area contributed by atoms with Gasteiger partial charge in [-0.05, 0) is 6.42 Å². The Hall–Kier alpha value is -1.92. The first-order chi connectivity index (χ1) is 8.56. The zero-order valence-electron chi connectivity index (χ0n) is 10.1. The molecule has 0 saturated heterocycles. The van der Waals surface area contributed by atoms with Crippen molar-refractivity contribution >= 4 is 6.02 Å². The summed E-state index contributed by atoms with van der Waals surface area (Å²) in [6.45, 7) is 2.34. The van der Waals surface area contributed by atoms with Crippen LogP contribution in [0.25, 0.3) is 0 Å². The molecule has 1 aromatic rings. The summed E-state index contributed by atoms with van der Waals surface area (Å²) in [6, 6.07) is -0.869. The Morgan fingerprint density at radius 1 is 1.44 bits per heavy atom. The van der Waals surface area contributed by atoms with E-state index in [9.17, 15) is 19.1 Å². The first-order valence-corrected chi connectivity index (χ1v) is 5.79. The second kappa shape index (κ2) is 6.73. The largest absolute Gasteiger partial charge is 0.846 e. The number of aromatic amines is 1. The minimum Gasteiger partial charge on any atom is -0.846 e. The van der Waals surface area contributed by atoms with Crippen LogP contribution in [0.2, 0.25) is 0 Å². The Bertz CT molecular complexity index is 533. The highest BCUT2D eigenvalue weighted by atomic mass is 19.1. The predicted octanol–water partition coefficient (Wildman–Crippen LogP) is -0.180. The summed E-state index contributed by atoms with van der Waals surface area (Å²) in [4.78, 5) is 27.3. The quantitative estimate of drug-likeness (QED) is 0.450. The van der Waals surface area contributed by atoms with E-state index >= 15 is 0 Å². The molecule has 0 aliphatic rings. The summed E-state index contributed by atoms with van der Waals surface area (Å²) < 4.78 is 13.4. The van der Waals surface area contributed by atoms with Crippen molar-refractivity contribution in [3.63, 3.8) is 0 Å². The van der Waals surface area contributed by atoms with Crippen LogP contribution in [0.4, 0.5) is 4.39 Å². The molecular weight excluding hydrogens is 241 g/mol. The van der Waals surface area contributed by atoms with Gasteiger partial charge < -0.3 is 5.11 Å². The topological polar surface area (TPSA) is 90.3 Å². The van der Waals surface area contributed by atoms with E-state index in [2.05, 4.69) is 11.9 Å². The number of halogens is 1. The lowest BCUT2D eigenvalue weighted by Crippen LogP contribution is -2.40. The van der Waals surface area contributed by atoms with Gasteiger partial charge in [0.2, 0.25) is 5.82 Å². The Kier molecular flexibility index (Phi) is 5.29. The van der Waals surface area contributed by atoms with Crippen LogP contribution in [0.15, 0.2) is 20.8 Å². The van der Waals surface area contributed by atoms with Gasteiger partial charge in [-0.2, -0.15) is 4.39 Å². The van der Waals surface area contributed by atoms with Crippen molar-refractivity contribution in [1.82, 2.24) is 9.55 Å². The Morgan fingerprint density at radius 3 is 2.83 bits per heavy atom. The molecule has 6 nitrogen and oxygen atoms in total. The average Bonchev–Trinajstić information content (AvgIpc) is 2.33. The smallest absolute Gasteiger partial charge is 0.333 e. The zero-order valence-corrected chi connectivity index (χ0v) is 10.1. The van der Waals surface area contributed by atoms with Crippen LogP contribution in [0, 0.1) is 5.82 Å². The molecule has 0 saturated carbocycles. The SMILES string of the molecule is CCCCCCN=C([O-])n1cc(F)c(=O)[nH]c1=O. The zero-order chi connectivity index (χ0) is 13.5. The minimum absolute atomic E-state index is 0.284. The number of nitrogens with one attached hydrogen (secondary N) is 1. The maximum atomic E-state index is 12.9. The highest BCUT2D eigenvalue weighted by Crippen LogP contribution is 1.98. The van der Waals surface area contributed by atoms with Crippen LogP contribution in [-0.4, -0.2) is 22.1 Å². The van der Waals surface area contributed by atoms with E-state index in [1.165, 1.54) is 0 Å². The molecule has 0 bridgehead atoms. The summed E-state index contributed by atoms with van der Waals surface area (Å²) in [5.74, 6) is -1.19. The van der Waals surface area contributed by atoms with Gasteiger partial charge in [0, 0.05) is 6.54 Å². The van der Waals surface area contributed by atoms with Gasteiger partial charge in [-0.25, -0.2) is 4.79 Å². The van der Waals surface area contributed by atoms with Crippen LogP contribution in [-0.2, 0) is 0 Å². The third-order valence-electron chi connectivity index (χ3n) is 2.36. The number of rotatable bonds is 5. The van der Waals surface area contributed by atoms with E-state index in [1.807, 2.05) is 0 Å². The van der Waals surface area contributed by atoms with Crippen molar-refractivity contribution in [3.05, 3.63) is 32.9 Å². The molecule has 0 aliphatic carbocycles. The van der Waals surface area contributed by atoms with Gasteiger partial charge in [-0.3, -0.25) is 19.3 Å². The van der Waals surface area contributed by atoms with Crippen molar-refractivity contribution < 1.29 is 9.50 Å². The van der Waals surface area contributed by atoms with Gasteiger partial charge in [0.05, 0.1) is 12.2 Å². The Labute approximate surface area is 103 Å². The molecule has 1 aromatic heterocycles. The van der Waals surface area contributed by atoms with Crippen LogP contribution >= 0.6 is 0 Å². The molecule has 1 rings (SSSR count). The van der Waals surface area contributed by atoms with Crippen molar-refractivity contribution in [2.75, 3.05) is 6.54 Å². The highest BCUT2D eigenvalue weighted by Gasteiger charge is 2.02. The fourth-order valence-corrected chi connectivity index (χ4v) is 1.38. The molecule has 0 spiro atoms. The van der Waals surface area contributed by atoms with Gasteiger partial charge in [0.15, 0.2) is 0 Å². The summed E-state index contributed by atoms with van der Waals surface area (Å²) in [5, 5.41) is 11.5. The van der Waals surface area contributed by atoms with E-state index in [0.717, 1.165) is 25.7 Å². The highest BCUT2D eigenvalue weighted by molar-refractivity contribution is 5.71. The number of H-pyrrole nitrogens is 1. The van der Waals surface area contributed by atoms with Gasteiger partial charge in [0.25, 0.3) is 5.56 Å². The summed E-state index contributed by atoms with van der Waals surface area (Å²) in [7, 11) is 0. The molecule has 100 valence electrons. The number of aromatic nitrogens is 2. The number of aliphatic imine (C=N–C) groups is 1. The maximum absolute atomic E-state index is 12.9. The van der Waals surface area contributed by atoms with Gasteiger partial charge in [-0.1, -0.05) is 26.2 Å². The molecule has 1 heterocycles. The van der Waals surface area contributed by atoms with E-state index in [-0.39, 0.29) is 6.54 Å². The Balaban J connectivity index is 2.75. The lowest BCUT2D eigenvalue weighted by molar-refractivity contribution is -0.222. The molecule has 0 unspecified atom stereocenters. The fraction of sp³-hybridized carbons (Fsp3) is 0.545. The molecule has 0 aromatic carbocycles. The molecule has 1 N–H and O–H groups in total. The number of hydrogen-bond acceptors (Lipinski definition) is 4. The van der Waals surface area contributed by atoms with Crippen molar-refractivity contribution in [2.45, 2.75) is 32.6 Å². The maximum Gasteiger partial charge on any atom is 0.333 e. The lowest BCUT2D eigenvalue weighted by atomic mass is 10.2. The molecule has 0 atom stereocenters. The first-order valence-electron chi connectivity index (χ1n) is 5.79. The molecule has 0 fully saturated rings. The molecule has 18 heavy (non-hydrogen) atoms.